The zero-order valence-electron chi connectivity index (χ0n) is 12.8. The topological polar surface area (TPSA) is 23.5 Å². The van der Waals surface area contributed by atoms with Crippen LogP contribution in [0, 0.1) is 5.92 Å². The summed E-state index contributed by atoms with van der Waals surface area (Å²) in [7, 11) is 0. The summed E-state index contributed by atoms with van der Waals surface area (Å²) in [6.45, 7) is 5.15. The number of alkyl halides is 3. The molecule has 0 spiro atoms. The van der Waals surface area contributed by atoms with Crippen LogP contribution in [0.25, 0.3) is 0 Å². The van der Waals surface area contributed by atoms with Crippen LogP contribution in [0.15, 0.2) is 24.3 Å². The van der Waals surface area contributed by atoms with Crippen molar-refractivity contribution in [1.29, 1.82) is 0 Å². The molecule has 0 fully saturated rings. The predicted molar refractivity (Wildman–Crippen MR) is 78.1 cm³/mol. The van der Waals surface area contributed by atoms with Gasteiger partial charge in [-0.1, -0.05) is 45.0 Å². The molecule has 0 radical (unpaired) electrons. The van der Waals surface area contributed by atoms with E-state index >= 15 is 0 Å². The lowest BCUT2D eigenvalue weighted by Crippen LogP contribution is -2.36. The van der Waals surface area contributed by atoms with Gasteiger partial charge in [0.25, 0.3) is 0 Å². The highest BCUT2D eigenvalue weighted by atomic mass is 19.4. The van der Waals surface area contributed by atoms with Crippen LogP contribution >= 0.6 is 0 Å². The van der Waals surface area contributed by atoms with E-state index in [1.807, 2.05) is 12.1 Å². The fraction of sp³-hybridized carbons (Fsp3) is 0.625. The largest absolute Gasteiger partial charge is 0.401 e. The summed E-state index contributed by atoms with van der Waals surface area (Å²) in [6, 6.07) is 7.45. The molecule has 0 amide bonds. The summed E-state index contributed by atoms with van der Waals surface area (Å²) in [5, 5.41) is 10.1. The molecule has 1 N–H and O–H groups in total. The van der Waals surface area contributed by atoms with Crippen LogP contribution in [0.3, 0.4) is 0 Å². The summed E-state index contributed by atoms with van der Waals surface area (Å²) < 4.78 is 37.2. The number of benzene rings is 1. The lowest BCUT2D eigenvalue weighted by atomic mass is 10.00. The van der Waals surface area contributed by atoms with Crippen LogP contribution in [0.5, 0.6) is 0 Å². The third kappa shape index (κ3) is 6.96. The second-order valence-electron chi connectivity index (χ2n) is 5.80. The molecule has 2 nitrogen and oxygen atoms in total. The highest BCUT2D eigenvalue weighted by Gasteiger charge is 2.30. The number of likely N-dealkylation sites (N-methyl/N-ethyl adjacent to an activating group) is 1. The minimum atomic E-state index is -4.24. The van der Waals surface area contributed by atoms with Crippen molar-refractivity contribution in [2.75, 3.05) is 19.6 Å². The average Bonchev–Trinajstić information content (AvgIpc) is 2.36. The van der Waals surface area contributed by atoms with Crippen molar-refractivity contribution in [3.63, 3.8) is 0 Å². The summed E-state index contributed by atoms with van der Waals surface area (Å²) in [5.41, 5.74) is 1.83. The lowest BCUT2D eigenvalue weighted by Gasteiger charge is -2.24. The van der Waals surface area contributed by atoms with Gasteiger partial charge in [0.05, 0.1) is 12.6 Å². The first-order valence-corrected chi connectivity index (χ1v) is 7.27. The van der Waals surface area contributed by atoms with Crippen molar-refractivity contribution in [3.05, 3.63) is 35.4 Å². The summed E-state index contributed by atoms with van der Waals surface area (Å²) >= 11 is 0. The molecule has 5 heteroatoms. The number of hydrogen-bond donors (Lipinski definition) is 1. The van der Waals surface area contributed by atoms with E-state index < -0.39 is 18.8 Å². The van der Waals surface area contributed by atoms with Crippen molar-refractivity contribution < 1.29 is 18.3 Å². The van der Waals surface area contributed by atoms with Gasteiger partial charge < -0.3 is 5.11 Å². The Labute approximate surface area is 124 Å². The first-order valence-electron chi connectivity index (χ1n) is 7.27. The standard InChI is InChI=1S/C16H24F3NO/c1-4-20(11-16(17,18)19)10-15(21)14-7-5-13(6-8-14)9-12(2)3/h5-8,12,15,21H,4,9-11H2,1-3H3. The van der Waals surface area contributed by atoms with Crippen LogP contribution in [0.4, 0.5) is 13.2 Å². The Bertz CT molecular complexity index is 415. The summed E-state index contributed by atoms with van der Waals surface area (Å²) in [5.74, 6) is 0.545. The van der Waals surface area contributed by atoms with Gasteiger partial charge in [-0.2, -0.15) is 13.2 Å². The number of aliphatic hydroxyl groups excluding tert-OH is 1. The lowest BCUT2D eigenvalue weighted by molar-refractivity contribution is -0.148. The zero-order chi connectivity index (χ0) is 16.0. The third-order valence-electron chi connectivity index (χ3n) is 3.29. The van der Waals surface area contributed by atoms with Crippen molar-refractivity contribution >= 4 is 0 Å². The van der Waals surface area contributed by atoms with E-state index in [1.165, 1.54) is 10.5 Å². The van der Waals surface area contributed by atoms with Gasteiger partial charge >= 0.3 is 6.18 Å². The summed E-state index contributed by atoms with van der Waals surface area (Å²) in [4.78, 5) is 1.20. The normalized spacial score (nSPS) is 14.0. The molecule has 1 aromatic carbocycles. The molecule has 0 bridgehead atoms. The van der Waals surface area contributed by atoms with Gasteiger partial charge in [-0.05, 0) is 30.0 Å². The van der Waals surface area contributed by atoms with Crippen molar-refractivity contribution in [2.45, 2.75) is 39.5 Å². The molecule has 0 aliphatic rings. The third-order valence-corrected chi connectivity index (χ3v) is 3.29. The highest BCUT2D eigenvalue weighted by Crippen LogP contribution is 2.20. The molecule has 21 heavy (non-hydrogen) atoms. The highest BCUT2D eigenvalue weighted by molar-refractivity contribution is 5.24. The van der Waals surface area contributed by atoms with E-state index in [4.69, 9.17) is 0 Å². The molecule has 0 aliphatic heterocycles. The average molecular weight is 303 g/mol. The minimum absolute atomic E-state index is 0.0143. The van der Waals surface area contributed by atoms with Crippen molar-refractivity contribution in [1.82, 2.24) is 4.90 Å². The fourth-order valence-electron chi connectivity index (χ4n) is 2.26. The number of rotatable bonds is 7. The molecule has 1 rings (SSSR count). The minimum Gasteiger partial charge on any atom is -0.387 e. The van der Waals surface area contributed by atoms with Gasteiger partial charge in [-0.3, -0.25) is 4.90 Å². The van der Waals surface area contributed by atoms with Crippen molar-refractivity contribution in [3.8, 4) is 0 Å². The van der Waals surface area contributed by atoms with Gasteiger partial charge in [0, 0.05) is 6.54 Å². The second kappa shape index (κ2) is 7.80. The van der Waals surface area contributed by atoms with Crippen molar-refractivity contribution in [2.24, 2.45) is 5.92 Å². The Kier molecular flexibility index (Phi) is 6.68. The molecular weight excluding hydrogens is 279 g/mol. The quantitative estimate of drug-likeness (QED) is 0.828. The van der Waals surface area contributed by atoms with E-state index in [9.17, 15) is 18.3 Å². The van der Waals surface area contributed by atoms with Gasteiger partial charge in [-0.15, -0.1) is 0 Å². The van der Waals surface area contributed by atoms with Crippen LogP contribution in [-0.2, 0) is 6.42 Å². The van der Waals surface area contributed by atoms with Crippen LogP contribution in [0.2, 0.25) is 0 Å². The molecule has 0 heterocycles. The molecule has 1 aromatic rings. The smallest absolute Gasteiger partial charge is 0.387 e. The second-order valence-corrected chi connectivity index (χ2v) is 5.80. The maximum atomic E-state index is 12.4. The zero-order valence-corrected chi connectivity index (χ0v) is 12.8. The SMILES string of the molecule is CCN(CC(O)c1ccc(CC(C)C)cc1)CC(F)(F)F. The monoisotopic (exact) mass is 303 g/mol. The first-order chi connectivity index (χ1) is 9.71. The van der Waals surface area contributed by atoms with Gasteiger partial charge in [-0.25, -0.2) is 0 Å². The molecule has 0 saturated carbocycles. The fourth-order valence-corrected chi connectivity index (χ4v) is 2.26. The molecule has 120 valence electrons. The first kappa shape index (κ1) is 18.0. The molecule has 1 unspecified atom stereocenters. The maximum absolute atomic E-state index is 12.4. The number of aliphatic hydroxyl groups is 1. The molecule has 0 aliphatic carbocycles. The van der Waals surface area contributed by atoms with Crippen LogP contribution in [-0.4, -0.2) is 35.8 Å². The van der Waals surface area contributed by atoms with Crippen LogP contribution in [0.1, 0.15) is 38.0 Å². The Hall–Kier alpha value is -1.07. The van der Waals surface area contributed by atoms with Crippen LogP contribution < -0.4 is 0 Å². The van der Waals surface area contributed by atoms with E-state index in [1.54, 1.807) is 19.1 Å². The van der Waals surface area contributed by atoms with E-state index in [0.29, 0.717) is 11.5 Å². The Morgan fingerprint density at radius 1 is 1.14 bits per heavy atom. The number of nitrogens with zero attached hydrogens (tertiary/aromatic N) is 1. The van der Waals surface area contributed by atoms with E-state index in [0.717, 1.165) is 6.42 Å². The van der Waals surface area contributed by atoms with E-state index in [2.05, 4.69) is 13.8 Å². The van der Waals surface area contributed by atoms with Gasteiger partial charge in [0.1, 0.15) is 0 Å². The van der Waals surface area contributed by atoms with Gasteiger partial charge in [0.15, 0.2) is 0 Å². The van der Waals surface area contributed by atoms with Gasteiger partial charge in [0.2, 0.25) is 0 Å². The van der Waals surface area contributed by atoms with E-state index in [-0.39, 0.29) is 13.1 Å². The molecule has 0 aromatic heterocycles. The Balaban J connectivity index is 2.63. The maximum Gasteiger partial charge on any atom is 0.401 e. The summed E-state index contributed by atoms with van der Waals surface area (Å²) in [6.07, 6.45) is -4.19. The Morgan fingerprint density at radius 3 is 2.14 bits per heavy atom. The number of halogens is 3. The predicted octanol–water partition coefficient (Wildman–Crippen LogP) is 3.80. The number of hydrogen-bond acceptors (Lipinski definition) is 2. The Morgan fingerprint density at radius 2 is 1.71 bits per heavy atom. The molecule has 0 saturated heterocycles. The molecule has 1 atom stereocenters. The molecular formula is C16H24F3NO.